The third-order valence-electron chi connectivity index (χ3n) is 3.45. The third-order valence-corrected chi connectivity index (χ3v) is 3.97. The molecule has 0 fully saturated rings. The van der Waals surface area contributed by atoms with Gasteiger partial charge >= 0.3 is 7.82 Å². The minimum absolute atomic E-state index is 0.0253. The van der Waals surface area contributed by atoms with Gasteiger partial charge in [0, 0.05) is 13.6 Å². The highest BCUT2D eigenvalue weighted by Gasteiger charge is 2.12. The van der Waals surface area contributed by atoms with Gasteiger partial charge in [-0.1, -0.05) is 51.5 Å². The van der Waals surface area contributed by atoms with E-state index in [0.717, 1.165) is 38.6 Å². The molecular weight excluding hydrogens is 305 g/mol. The van der Waals surface area contributed by atoms with Gasteiger partial charge in [-0.25, -0.2) is 4.57 Å². The number of nitrogens with zero attached hydrogens (tertiary/aromatic N) is 1. The van der Waals surface area contributed by atoms with Crippen molar-refractivity contribution in [1.29, 1.82) is 0 Å². The summed E-state index contributed by atoms with van der Waals surface area (Å²) in [6.45, 7) is 4.37. The summed E-state index contributed by atoms with van der Waals surface area (Å²) in [6, 6.07) is 0. The van der Waals surface area contributed by atoms with Crippen LogP contribution in [-0.4, -0.2) is 40.8 Å². The standard InChI is InChI=1S/C15H30NO5P/c1-3-15(17)16(2)13-11-9-7-5-4-6-8-10-12-14-21-22(18,19)20/h3H,1,4-14H2,2H3,(H2,18,19,20). The molecular formula is C15H30NO5P. The van der Waals surface area contributed by atoms with Gasteiger partial charge in [-0.3, -0.25) is 9.32 Å². The van der Waals surface area contributed by atoms with Gasteiger partial charge in [-0.2, -0.15) is 0 Å². The molecule has 0 bridgehead atoms. The van der Waals surface area contributed by atoms with Crippen molar-refractivity contribution >= 4 is 13.7 Å². The van der Waals surface area contributed by atoms with E-state index in [2.05, 4.69) is 11.1 Å². The molecule has 0 aliphatic heterocycles. The fourth-order valence-corrected chi connectivity index (χ4v) is 2.50. The minimum atomic E-state index is -4.29. The molecule has 0 spiro atoms. The summed E-state index contributed by atoms with van der Waals surface area (Å²) in [4.78, 5) is 29.9. The zero-order chi connectivity index (χ0) is 16.8. The van der Waals surface area contributed by atoms with E-state index in [9.17, 15) is 9.36 Å². The summed E-state index contributed by atoms with van der Waals surface area (Å²) in [5.41, 5.74) is 0. The molecule has 7 heteroatoms. The van der Waals surface area contributed by atoms with Crippen molar-refractivity contribution in [2.45, 2.75) is 57.8 Å². The Morgan fingerprint density at radius 1 is 1.05 bits per heavy atom. The van der Waals surface area contributed by atoms with E-state index in [1.807, 2.05) is 0 Å². The summed E-state index contributed by atoms with van der Waals surface area (Å²) in [5, 5.41) is 0. The molecule has 0 aliphatic carbocycles. The van der Waals surface area contributed by atoms with Crippen molar-refractivity contribution in [3.63, 3.8) is 0 Å². The zero-order valence-corrected chi connectivity index (χ0v) is 14.5. The molecule has 0 aromatic carbocycles. The van der Waals surface area contributed by atoms with Crippen LogP contribution in [0.3, 0.4) is 0 Å². The van der Waals surface area contributed by atoms with Gasteiger partial charge in [0.05, 0.1) is 6.61 Å². The summed E-state index contributed by atoms with van der Waals surface area (Å²) >= 11 is 0. The lowest BCUT2D eigenvalue weighted by atomic mass is 10.1. The predicted octanol–water partition coefficient (Wildman–Crippen LogP) is 3.25. The maximum absolute atomic E-state index is 11.2. The number of hydrogen-bond acceptors (Lipinski definition) is 3. The lowest BCUT2D eigenvalue weighted by molar-refractivity contribution is -0.124. The highest BCUT2D eigenvalue weighted by atomic mass is 31.2. The van der Waals surface area contributed by atoms with Crippen LogP contribution in [-0.2, 0) is 13.9 Å². The summed E-state index contributed by atoms with van der Waals surface area (Å²) in [7, 11) is -2.50. The molecule has 0 aromatic rings. The quantitative estimate of drug-likeness (QED) is 0.289. The van der Waals surface area contributed by atoms with Crippen molar-refractivity contribution in [2.75, 3.05) is 20.2 Å². The SMILES string of the molecule is C=CC(=O)N(C)CCCCCCCCCCCOP(=O)(O)O. The molecule has 130 valence electrons. The average molecular weight is 335 g/mol. The molecule has 0 aromatic heterocycles. The van der Waals surface area contributed by atoms with Gasteiger partial charge in [0.1, 0.15) is 0 Å². The number of rotatable bonds is 14. The first-order valence-corrected chi connectivity index (χ1v) is 9.47. The first-order chi connectivity index (χ1) is 10.4. The molecule has 0 aliphatic rings. The molecule has 22 heavy (non-hydrogen) atoms. The number of hydrogen-bond donors (Lipinski definition) is 2. The van der Waals surface area contributed by atoms with Crippen LogP contribution in [0.4, 0.5) is 0 Å². The molecule has 6 nitrogen and oxygen atoms in total. The first-order valence-electron chi connectivity index (χ1n) is 7.94. The van der Waals surface area contributed by atoms with Gasteiger partial charge < -0.3 is 14.7 Å². The smallest absolute Gasteiger partial charge is 0.342 e. The molecule has 2 N–H and O–H groups in total. The Bertz CT molecular complexity index is 356. The topological polar surface area (TPSA) is 87.1 Å². The highest BCUT2D eigenvalue weighted by molar-refractivity contribution is 7.46. The number of carbonyl (C=O) groups excluding carboxylic acids is 1. The maximum atomic E-state index is 11.2. The Kier molecular flexibility index (Phi) is 12.4. The number of phosphoric ester groups is 1. The fraction of sp³-hybridized carbons (Fsp3) is 0.800. The van der Waals surface area contributed by atoms with Crippen LogP contribution in [0.25, 0.3) is 0 Å². The minimum Gasteiger partial charge on any atom is -0.342 e. The van der Waals surface area contributed by atoms with Crippen LogP contribution in [0, 0.1) is 0 Å². The second kappa shape index (κ2) is 12.8. The summed E-state index contributed by atoms with van der Waals surface area (Å²) in [5.74, 6) is -0.0253. The maximum Gasteiger partial charge on any atom is 0.469 e. The monoisotopic (exact) mass is 335 g/mol. The second-order valence-electron chi connectivity index (χ2n) is 5.47. The third kappa shape index (κ3) is 14.3. The van der Waals surface area contributed by atoms with Crippen LogP contribution in [0.2, 0.25) is 0 Å². The molecule has 0 heterocycles. The van der Waals surface area contributed by atoms with Gasteiger partial charge in [0.25, 0.3) is 0 Å². The van der Waals surface area contributed by atoms with Crippen LogP contribution >= 0.6 is 7.82 Å². The van der Waals surface area contributed by atoms with Crippen molar-refractivity contribution in [2.24, 2.45) is 0 Å². The summed E-state index contributed by atoms with van der Waals surface area (Å²) in [6.07, 6.45) is 10.9. The Hall–Kier alpha value is -0.680. The van der Waals surface area contributed by atoms with Gasteiger partial charge in [0.15, 0.2) is 0 Å². The number of amides is 1. The van der Waals surface area contributed by atoms with E-state index >= 15 is 0 Å². The Balaban J connectivity index is 3.22. The Labute approximate surface area is 133 Å². The number of unbranched alkanes of at least 4 members (excludes halogenated alkanes) is 8. The normalized spacial score (nSPS) is 11.4. The van der Waals surface area contributed by atoms with Gasteiger partial charge in [0.2, 0.25) is 5.91 Å². The zero-order valence-electron chi connectivity index (χ0n) is 13.6. The number of likely N-dealkylation sites (N-methyl/N-ethyl adjacent to an activating group) is 1. The molecule has 0 atom stereocenters. The largest absolute Gasteiger partial charge is 0.469 e. The fourth-order valence-electron chi connectivity index (χ4n) is 2.14. The highest BCUT2D eigenvalue weighted by Crippen LogP contribution is 2.35. The van der Waals surface area contributed by atoms with E-state index in [-0.39, 0.29) is 12.5 Å². The molecule has 0 saturated carbocycles. The molecule has 0 unspecified atom stereocenters. The molecule has 0 radical (unpaired) electrons. The lowest BCUT2D eigenvalue weighted by Gasteiger charge is -2.14. The lowest BCUT2D eigenvalue weighted by Crippen LogP contribution is -2.25. The predicted molar refractivity (Wildman–Crippen MR) is 87.4 cm³/mol. The van der Waals surface area contributed by atoms with Gasteiger partial charge in [-0.05, 0) is 18.9 Å². The van der Waals surface area contributed by atoms with Crippen LogP contribution in [0.1, 0.15) is 57.8 Å². The van der Waals surface area contributed by atoms with Gasteiger partial charge in [-0.15, -0.1) is 0 Å². The van der Waals surface area contributed by atoms with Crippen LogP contribution in [0.5, 0.6) is 0 Å². The van der Waals surface area contributed by atoms with Crippen LogP contribution in [0.15, 0.2) is 12.7 Å². The Morgan fingerprint density at radius 2 is 1.50 bits per heavy atom. The first kappa shape index (κ1) is 21.3. The molecule has 1 amide bonds. The second-order valence-corrected chi connectivity index (χ2v) is 6.71. The van der Waals surface area contributed by atoms with Crippen molar-refractivity contribution in [3.05, 3.63) is 12.7 Å². The van der Waals surface area contributed by atoms with Crippen LogP contribution < -0.4 is 0 Å². The molecule has 0 rings (SSSR count). The number of carbonyl (C=O) groups is 1. The molecule has 0 saturated heterocycles. The van der Waals surface area contributed by atoms with Crippen molar-refractivity contribution in [3.8, 4) is 0 Å². The van der Waals surface area contributed by atoms with E-state index in [0.29, 0.717) is 6.42 Å². The van der Waals surface area contributed by atoms with E-state index in [1.165, 1.54) is 25.3 Å². The van der Waals surface area contributed by atoms with Crippen molar-refractivity contribution in [1.82, 2.24) is 4.90 Å². The van der Waals surface area contributed by atoms with Crippen molar-refractivity contribution < 1.29 is 23.7 Å². The van der Waals surface area contributed by atoms with E-state index in [4.69, 9.17) is 9.79 Å². The van der Waals surface area contributed by atoms with E-state index < -0.39 is 7.82 Å². The number of phosphoric acid groups is 1. The van der Waals surface area contributed by atoms with E-state index in [1.54, 1.807) is 11.9 Å². The Morgan fingerprint density at radius 3 is 1.95 bits per heavy atom. The summed E-state index contributed by atoms with van der Waals surface area (Å²) < 4.78 is 14.8. The average Bonchev–Trinajstić information content (AvgIpc) is 2.46.